The number of ether oxygens (including phenoxy) is 1. The van der Waals surface area contributed by atoms with Gasteiger partial charge in [-0.1, -0.05) is 13.8 Å². The van der Waals surface area contributed by atoms with Crippen molar-refractivity contribution in [2.75, 3.05) is 6.54 Å². The summed E-state index contributed by atoms with van der Waals surface area (Å²) in [5.74, 6) is -0.833. The average Bonchev–Trinajstić information content (AvgIpc) is 3.17. The minimum atomic E-state index is -4.54. The number of aromatic nitrogens is 3. The molecule has 1 aliphatic carbocycles. The number of nitrogens with two attached hydrogens (primary N) is 1. The highest BCUT2D eigenvalue weighted by atomic mass is 32.2. The van der Waals surface area contributed by atoms with Crippen molar-refractivity contribution in [2.24, 2.45) is 16.5 Å². The molecule has 0 unspecified atom stereocenters. The van der Waals surface area contributed by atoms with Crippen LogP contribution < -0.4 is 15.2 Å². The quantitative estimate of drug-likeness (QED) is 0.387. The first kappa shape index (κ1) is 31.7. The van der Waals surface area contributed by atoms with Crippen molar-refractivity contribution < 1.29 is 39.9 Å². The van der Waals surface area contributed by atoms with Crippen molar-refractivity contribution in [3.8, 4) is 17.0 Å². The molecule has 0 aromatic carbocycles. The summed E-state index contributed by atoms with van der Waals surface area (Å²) in [6.45, 7) is 2.56. The van der Waals surface area contributed by atoms with Gasteiger partial charge in [0.05, 0.1) is 21.9 Å². The van der Waals surface area contributed by atoms with E-state index in [9.17, 15) is 35.2 Å². The number of nitrogens with zero attached hydrogens (tertiary/aromatic N) is 3. The molecule has 2 aromatic heterocycles. The van der Waals surface area contributed by atoms with Crippen molar-refractivity contribution in [1.82, 2.24) is 20.1 Å². The number of alkyl halides is 5. The molecule has 0 radical (unpaired) electrons. The fourth-order valence-corrected chi connectivity index (χ4v) is 5.75. The smallest absolute Gasteiger partial charge is 0.394 e. The van der Waals surface area contributed by atoms with Gasteiger partial charge in [0, 0.05) is 43.0 Å². The first-order chi connectivity index (χ1) is 18.4. The third kappa shape index (κ3) is 7.28. The zero-order valence-electron chi connectivity index (χ0n) is 22.7. The van der Waals surface area contributed by atoms with Crippen LogP contribution in [0.25, 0.3) is 11.3 Å². The van der Waals surface area contributed by atoms with Crippen LogP contribution in [0.4, 0.5) is 22.0 Å². The lowest BCUT2D eigenvalue weighted by atomic mass is 9.86. The molecule has 3 N–H and O–H groups in total. The van der Waals surface area contributed by atoms with Gasteiger partial charge in [-0.25, -0.2) is 13.6 Å². The predicted octanol–water partition coefficient (Wildman–Crippen LogP) is 4.58. The number of primary sulfonamides is 1. The molecule has 15 heteroatoms. The molecule has 3 rings (SSSR count). The second-order valence-electron chi connectivity index (χ2n) is 10.7. The van der Waals surface area contributed by atoms with Gasteiger partial charge >= 0.3 is 12.8 Å². The van der Waals surface area contributed by atoms with E-state index >= 15 is 0 Å². The first-order valence-corrected chi connectivity index (χ1v) is 14.4. The Kier molecular flexibility index (Phi) is 9.49. The number of carbonyl (C=O) groups is 1. The number of hydrogen-bond acceptors (Lipinski definition) is 6. The number of halogens is 5. The summed E-state index contributed by atoms with van der Waals surface area (Å²) in [7, 11) is -3.60. The van der Waals surface area contributed by atoms with Crippen LogP contribution in [0, 0.1) is 18.3 Å². The number of hydrogen-bond donors (Lipinski definition) is 2. The highest BCUT2D eigenvalue weighted by Gasteiger charge is 2.47. The predicted molar refractivity (Wildman–Crippen MR) is 137 cm³/mol. The van der Waals surface area contributed by atoms with Crippen molar-refractivity contribution in [3.05, 3.63) is 29.2 Å². The minimum absolute atomic E-state index is 0.0420. The van der Waals surface area contributed by atoms with E-state index in [4.69, 9.17) is 5.14 Å². The van der Waals surface area contributed by atoms with E-state index in [1.807, 2.05) is 0 Å². The second kappa shape index (κ2) is 12.0. The summed E-state index contributed by atoms with van der Waals surface area (Å²) < 4.78 is 96.0. The fourth-order valence-electron chi connectivity index (χ4n) is 4.82. The van der Waals surface area contributed by atoms with Gasteiger partial charge in [-0.05, 0) is 45.4 Å². The minimum Gasteiger partial charge on any atom is -0.434 e. The maximum absolute atomic E-state index is 13.4. The van der Waals surface area contributed by atoms with Crippen LogP contribution in [0.5, 0.6) is 5.75 Å². The molecule has 1 aliphatic rings. The van der Waals surface area contributed by atoms with Gasteiger partial charge in [-0.2, -0.15) is 27.1 Å². The van der Waals surface area contributed by atoms with E-state index < -0.39 is 45.8 Å². The topological polar surface area (TPSA) is 129 Å². The van der Waals surface area contributed by atoms with Gasteiger partial charge in [0.1, 0.15) is 5.75 Å². The molecule has 2 heterocycles. The average molecular weight is 596 g/mol. The van der Waals surface area contributed by atoms with Crippen LogP contribution in [-0.4, -0.2) is 53.7 Å². The van der Waals surface area contributed by atoms with E-state index in [-0.39, 0.29) is 47.4 Å². The number of aryl methyl sites for hydroxylation is 1. The van der Waals surface area contributed by atoms with Gasteiger partial charge in [-0.3, -0.25) is 14.5 Å². The maximum atomic E-state index is 13.4. The third-order valence-corrected chi connectivity index (χ3v) is 8.70. The molecular weight excluding hydrogens is 561 g/mol. The monoisotopic (exact) mass is 595 g/mol. The molecule has 0 spiro atoms. The van der Waals surface area contributed by atoms with Crippen molar-refractivity contribution in [2.45, 2.75) is 84.4 Å². The largest absolute Gasteiger partial charge is 0.434 e. The Hall–Kier alpha value is -2.81. The number of nitrogens with one attached hydrogen (secondary N) is 1. The summed E-state index contributed by atoms with van der Waals surface area (Å²) in [6.07, 6.45) is -1.99. The van der Waals surface area contributed by atoms with Crippen LogP contribution in [0.15, 0.2) is 12.3 Å². The lowest BCUT2D eigenvalue weighted by Crippen LogP contribution is -2.36. The van der Waals surface area contributed by atoms with E-state index in [0.29, 0.717) is 31.2 Å². The molecule has 9 nitrogen and oxygen atoms in total. The Balaban J connectivity index is 1.86. The highest BCUT2D eigenvalue weighted by molar-refractivity contribution is 7.89. The molecule has 0 saturated heterocycles. The Labute approximate surface area is 229 Å². The summed E-state index contributed by atoms with van der Waals surface area (Å²) in [5, 5.41) is 11.8. The van der Waals surface area contributed by atoms with E-state index in [1.54, 1.807) is 13.8 Å². The van der Waals surface area contributed by atoms with E-state index in [1.165, 1.54) is 4.68 Å². The number of sulfonamides is 1. The van der Waals surface area contributed by atoms with Crippen molar-refractivity contribution in [3.63, 3.8) is 0 Å². The van der Waals surface area contributed by atoms with Gasteiger partial charge in [-0.15, -0.1) is 0 Å². The zero-order chi connectivity index (χ0) is 30.0. The maximum Gasteiger partial charge on any atom is 0.394 e. The third-order valence-electron chi connectivity index (χ3n) is 7.30. The van der Waals surface area contributed by atoms with Gasteiger partial charge in [0.25, 0.3) is 5.91 Å². The Bertz CT molecular complexity index is 1320. The number of amides is 1. The lowest BCUT2D eigenvalue weighted by Gasteiger charge is -2.27. The summed E-state index contributed by atoms with van der Waals surface area (Å²) in [4.78, 5) is 17.1. The van der Waals surface area contributed by atoms with Crippen LogP contribution in [0.1, 0.15) is 68.2 Å². The van der Waals surface area contributed by atoms with E-state index in [2.05, 4.69) is 20.1 Å². The molecule has 1 saturated carbocycles. The molecule has 0 bridgehead atoms. The zero-order valence-corrected chi connectivity index (χ0v) is 23.5. The van der Waals surface area contributed by atoms with Crippen LogP contribution in [-0.2, 0) is 23.0 Å². The second-order valence-corrected chi connectivity index (χ2v) is 12.5. The van der Waals surface area contributed by atoms with Crippen LogP contribution in [0.2, 0.25) is 0 Å². The van der Waals surface area contributed by atoms with E-state index in [0.717, 1.165) is 26.1 Å². The normalized spacial score (nSPS) is 18.7. The van der Waals surface area contributed by atoms with Gasteiger partial charge in [0.2, 0.25) is 10.0 Å². The standard InChI is InChI=1S/C25H34F5N5O4S/c1-5-35-21(18-13-32-16(10-19(18)39-23(26)27)11-24(3,4)25(28,29)30)14(2)20(34-35)22(36)33-12-15-6-8-17(9-7-15)40(31,37)38/h10,13,15,17,23H,5-9,11-12H2,1-4H3,(H,33,36)(H2,31,37,38). The molecular formula is C25H34F5N5O4S. The first-order valence-electron chi connectivity index (χ1n) is 12.8. The molecule has 40 heavy (non-hydrogen) atoms. The fraction of sp³-hybridized carbons (Fsp3) is 0.640. The number of carbonyl (C=O) groups excluding carboxylic acids is 1. The van der Waals surface area contributed by atoms with Crippen LogP contribution in [0.3, 0.4) is 0 Å². The highest BCUT2D eigenvalue weighted by Crippen LogP contribution is 2.41. The molecule has 0 atom stereocenters. The summed E-state index contributed by atoms with van der Waals surface area (Å²) >= 11 is 0. The summed E-state index contributed by atoms with van der Waals surface area (Å²) in [5.41, 5.74) is -1.53. The Morgan fingerprint density at radius 2 is 1.85 bits per heavy atom. The Morgan fingerprint density at radius 1 is 1.23 bits per heavy atom. The van der Waals surface area contributed by atoms with Gasteiger partial charge < -0.3 is 10.1 Å². The summed E-state index contributed by atoms with van der Waals surface area (Å²) in [6, 6.07) is 1.05. The Morgan fingerprint density at radius 3 is 2.38 bits per heavy atom. The SMILES string of the molecule is CCn1nc(C(=O)NCC2CCC(S(N)(=O)=O)CC2)c(C)c1-c1cnc(CC(C)(C)C(F)(F)F)cc1OC(F)F. The van der Waals surface area contributed by atoms with Gasteiger partial charge in [0.15, 0.2) is 5.69 Å². The number of rotatable bonds is 10. The number of pyridine rings is 1. The lowest BCUT2D eigenvalue weighted by molar-refractivity contribution is -0.211. The molecule has 224 valence electrons. The van der Waals surface area contributed by atoms with Crippen molar-refractivity contribution in [1.29, 1.82) is 0 Å². The van der Waals surface area contributed by atoms with Crippen LogP contribution >= 0.6 is 0 Å². The van der Waals surface area contributed by atoms with Crippen molar-refractivity contribution >= 4 is 15.9 Å². The molecule has 2 aromatic rings. The molecule has 1 fully saturated rings. The molecule has 0 aliphatic heterocycles. The molecule has 1 amide bonds.